The number of anilines is 1. The second-order valence-corrected chi connectivity index (χ2v) is 6.13. The van der Waals surface area contributed by atoms with E-state index < -0.39 is 5.82 Å². The maximum atomic E-state index is 14.4. The van der Waals surface area contributed by atoms with Gasteiger partial charge in [-0.3, -0.25) is 0 Å². The van der Waals surface area contributed by atoms with Crippen molar-refractivity contribution in [3.05, 3.63) is 28.0 Å². The molecule has 0 aromatic heterocycles. The third kappa shape index (κ3) is 3.62. The maximum Gasteiger partial charge on any atom is 0.171 e. The van der Waals surface area contributed by atoms with E-state index >= 15 is 0 Å². The first-order chi connectivity index (χ1) is 9.29. The average Bonchev–Trinajstić information content (AvgIpc) is 2.39. The zero-order valence-electron chi connectivity index (χ0n) is 12.2. The van der Waals surface area contributed by atoms with Gasteiger partial charge in [0, 0.05) is 18.7 Å². The Morgan fingerprint density at radius 1 is 1.45 bits per heavy atom. The third-order valence-corrected chi connectivity index (χ3v) is 4.07. The summed E-state index contributed by atoms with van der Waals surface area (Å²) >= 11 is 3.17. The molecule has 0 heterocycles. The van der Waals surface area contributed by atoms with Crippen molar-refractivity contribution in [1.29, 1.82) is 0 Å². The molecule has 0 aliphatic rings. The number of rotatable bonds is 5. The molecule has 6 heteroatoms. The Kier molecular flexibility index (Phi) is 5.80. The first-order valence-electron chi connectivity index (χ1n) is 6.48. The van der Waals surface area contributed by atoms with Crippen LogP contribution < -0.4 is 10.6 Å². The molecular formula is C14H21BrFN3O. The number of amidine groups is 1. The van der Waals surface area contributed by atoms with Gasteiger partial charge in [0.2, 0.25) is 0 Å². The normalized spacial score (nSPS) is 13.7. The van der Waals surface area contributed by atoms with Crippen LogP contribution in [0.25, 0.3) is 0 Å². The summed E-state index contributed by atoms with van der Waals surface area (Å²) in [4.78, 5) is 1.90. The van der Waals surface area contributed by atoms with Gasteiger partial charge in [-0.15, -0.1) is 0 Å². The van der Waals surface area contributed by atoms with Crippen LogP contribution in [0.5, 0.6) is 0 Å². The van der Waals surface area contributed by atoms with Crippen molar-refractivity contribution < 1.29 is 9.60 Å². The van der Waals surface area contributed by atoms with E-state index in [0.29, 0.717) is 17.2 Å². The Hall–Kier alpha value is -1.30. The van der Waals surface area contributed by atoms with Gasteiger partial charge in [-0.05, 0) is 47.3 Å². The van der Waals surface area contributed by atoms with Crippen LogP contribution >= 0.6 is 15.9 Å². The average molecular weight is 346 g/mol. The highest BCUT2D eigenvalue weighted by Gasteiger charge is 2.19. The van der Waals surface area contributed by atoms with Gasteiger partial charge in [-0.1, -0.05) is 19.0 Å². The standard InChI is InChI=1S/C14H21BrFN3O/c1-8(2)7-9(3)19(4)11-6-5-10(14(17)18-20)12(15)13(11)16/h5-6,8-9,20H,7H2,1-4H3,(H2,17,18). The monoisotopic (exact) mass is 345 g/mol. The fraction of sp³-hybridized carbons (Fsp3) is 0.500. The summed E-state index contributed by atoms with van der Waals surface area (Å²) in [6, 6.07) is 3.49. The van der Waals surface area contributed by atoms with Gasteiger partial charge < -0.3 is 15.8 Å². The molecule has 0 aliphatic carbocycles. The molecule has 0 radical (unpaired) electrons. The zero-order chi connectivity index (χ0) is 15.4. The molecule has 1 atom stereocenters. The Bertz CT molecular complexity index is 505. The summed E-state index contributed by atoms with van der Waals surface area (Å²) in [7, 11) is 1.86. The molecular weight excluding hydrogens is 325 g/mol. The molecule has 4 nitrogen and oxygen atoms in total. The van der Waals surface area contributed by atoms with Crippen LogP contribution in [0.2, 0.25) is 0 Å². The summed E-state index contributed by atoms with van der Waals surface area (Å²) < 4.78 is 14.6. The largest absolute Gasteiger partial charge is 0.409 e. The minimum atomic E-state index is -0.410. The molecule has 0 spiro atoms. The molecule has 1 unspecified atom stereocenters. The van der Waals surface area contributed by atoms with E-state index in [2.05, 4.69) is 41.9 Å². The van der Waals surface area contributed by atoms with E-state index in [1.807, 2.05) is 11.9 Å². The lowest BCUT2D eigenvalue weighted by Gasteiger charge is -2.29. The summed E-state index contributed by atoms with van der Waals surface area (Å²) in [6.07, 6.45) is 0.968. The molecule has 20 heavy (non-hydrogen) atoms. The Labute approximate surface area is 127 Å². The van der Waals surface area contributed by atoms with Crippen LogP contribution in [-0.4, -0.2) is 24.1 Å². The summed E-state index contributed by atoms with van der Waals surface area (Å²) in [6.45, 7) is 6.33. The molecule has 0 bridgehead atoms. The van der Waals surface area contributed by atoms with Crippen LogP contribution in [-0.2, 0) is 0 Å². The van der Waals surface area contributed by atoms with E-state index in [1.165, 1.54) is 0 Å². The Balaban J connectivity index is 3.12. The highest BCUT2D eigenvalue weighted by atomic mass is 79.9. The van der Waals surface area contributed by atoms with Crippen LogP contribution in [0, 0.1) is 11.7 Å². The van der Waals surface area contributed by atoms with Crippen molar-refractivity contribution in [2.75, 3.05) is 11.9 Å². The van der Waals surface area contributed by atoms with Gasteiger partial charge in [0.25, 0.3) is 0 Å². The SMILES string of the molecule is CC(C)CC(C)N(C)c1ccc(/C(N)=N/O)c(Br)c1F. The van der Waals surface area contributed by atoms with Crippen LogP contribution in [0.1, 0.15) is 32.8 Å². The number of nitrogens with two attached hydrogens (primary N) is 1. The second-order valence-electron chi connectivity index (χ2n) is 5.33. The van der Waals surface area contributed by atoms with E-state index in [9.17, 15) is 4.39 Å². The number of oxime groups is 1. The number of hydrogen-bond acceptors (Lipinski definition) is 3. The maximum absolute atomic E-state index is 14.4. The first kappa shape index (κ1) is 16.8. The Morgan fingerprint density at radius 3 is 2.55 bits per heavy atom. The highest BCUT2D eigenvalue weighted by Crippen LogP contribution is 2.30. The molecule has 1 rings (SSSR count). The Morgan fingerprint density at radius 2 is 2.05 bits per heavy atom. The van der Waals surface area contributed by atoms with Crippen molar-refractivity contribution in [1.82, 2.24) is 0 Å². The number of benzene rings is 1. The van der Waals surface area contributed by atoms with Gasteiger partial charge in [0.1, 0.15) is 0 Å². The summed E-state index contributed by atoms with van der Waals surface area (Å²) in [5, 5.41) is 11.6. The topological polar surface area (TPSA) is 61.8 Å². The molecule has 1 aromatic rings. The molecule has 0 fully saturated rings. The van der Waals surface area contributed by atoms with E-state index in [0.717, 1.165) is 6.42 Å². The fourth-order valence-corrected chi connectivity index (χ4v) is 2.68. The fourth-order valence-electron chi connectivity index (χ4n) is 2.14. The predicted octanol–water partition coefficient (Wildman–Crippen LogP) is 3.55. The van der Waals surface area contributed by atoms with Crippen molar-refractivity contribution >= 4 is 27.5 Å². The number of nitrogens with zero attached hydrogens (tertiary/aromatic N) is 2. The molecule has 1 aromatic carbocycles. The van der Waals surface area contributed by atoms with Gasteiger partial charge in [0.05, 0.1) is 10.2 Å². The van der Waals surface area contributed by atoms with Crippen molar-refractivity contribution in [3.63, 3.8) is 0 Å². The predicted molar refractivity (Wildman–Crippen MR) is 83.9 cm³/mol. The van der Waals surface area contributed by atoms with E-state index in [4.69, 9.17) is 10.9 Å². The van der Waals surface area contributed by atoms with Gasteiger partial charge in [-0.2, -0.15) is 0 Å². The molecule has 0 saturated carbocycles. The van der Waals surface area contributed by atoms with Crippen LogP contribution in [0.4, 0.5) is 10.1 Å². The van der Waals surface area contributed by atoms with E-state index in [1.54, 1.807) is 12.1 Å². The number of halogens is 2. The van der Waals surface area contributed by atoms with E-state index in [-0.39, 0.29) is 16.4 Å². The third-order valence-electron chi connectivity index (χ3n) is 3.30. The van der Waals surface area contributed by atoms with Crippen molar-refractivity contribution in [2.45, 2.75) is 33.2 Å². The lowest BCUT2D eigenvalue weighted by Crippen LogP contribution is -2.31. The molecule has 0 amide bonds. The number of hydrogen-bond donors (Lipinski definition) is 2. The zero-order valence-corrected chi connectivity index (χ0v) is 13.8. The molecule has 0 saturated heterocycles. The highest BCUT2D eigenvalue weighted by molar-refractivity contribution is 9.10. The molecule has 0 aliphatic heterocycles. The minimum absolute atomic E-state index is 0.125. The summed E-state index contributed by atoms with van der Waals surface area (Å²) in [5.41, 5.74) is 6.32. The second kappa shape index (κ2) is 6.92. The van der Waals surface area contributed by atoms with Crippen LogP contribution in [0.15, 0.2) is 21.8 Å². The van der Waals surface area contributed by atoms with Crippen molar-refractivity contribution in [2.24, 2.45) is 16.8 Å². The van der Waals surface area contributed by atoms with Gasteiger partial charge in [0.15, 0.2) is 11.7 Å². The lowest BCUT2D eigenvalue weighted by atomic mass is 10.0. The van der Waals surface area contributed by atoms with Gasteiger partial charge >= 0.3 is 0 Å². The lowest BCUT2D eigenvalue weighted by molar-refractivity contribution is 0.318. The van der Waals surface area contributed by atoms with Gasteiger partial charge in [-0.25, -0.2) is 4.39 Å². The molecule has 112 valence electrons. The summed E-state index contributed by atoms with van der Waals surface area (Å²) in [5.74, 6) is 0.00260. The minimum Gasteiger partial charge on any atom is -0.409 e. The smallest absolute Gasteiger partial charge is 0.171 e. The quantitative estimate of drug-likeness (QED) is 0.371. The first-order valence-corrected chi connectivity index (χ1v) is 7.27. The van der Waals surface area contributed by atoms with Crippen LogP contribution in [0.3, 0.4) is 0 Å². The van der Waals surface area contributed by atoms with Crippen molar-refractivity contribution in [3.8, 4) is 0 Å². The molecule has 3 N–H and O–H groups in total.